The molecule has 4 nitrogen and oxygen atoms in total. The fourth-order valence-electron chi connectivity index (χ4n) is 5.19. The number of para-hydroxylation sites is 6. The van der Waals surface area contributed by atoms with E-state index in [1.807, 2.05) is 60.7 Å². The highest BCUT2D eigenvalue weighted by atomic mass is 16.5. The summed E-state index contributed by atoms with van der Waals surface area (Å²) in [5, 5.41) is 4.22. The average Bonchev–Trinajstić information content (AvgIpc) is 3.45. The van der Waals surface area contributed by atoms with E-state index >= 15 is 0 Å². The molecule has 0 atom stereocenters. The zero-order chi connectivity index (χ0) is 22.2. The van der Waals surface area contributed by atoms with Crippen molar-refractivity contribution in [1.82, 2.24) is 0 Å². The van der Waals surface area contributed by atoms with Gasteiger partial charge in [0.15, 0.2) is 17.1 Å². The number of ether oxygens (including phenoxy) is 1. The van der Waals surface area contributed by atoms with E-state index in [2.05, 4.69) is 47.4 Å². The number of rotatable bonds is 1. The minimum Gasteiger partial charge on any atom is -0.456 e. The van der Waals surface area contributed by atoms with Gasteiger partial charge in [0.25, 0.3) is 0 Å². The standard InChI is InChI=1S/C30H17NO3/c1-4-13-24-20(8-1)28-27(32-24)17-16-19-18-9-7-12-23(29(18)34-30(19)28)31-21-10-2-5-14-25(21)33-26-15-6-3-11-22(26)31/h1-17H. The minimum absolute atomic E-state index is 0.817. The molecular formula is C30H17NO3. The van der Waals surface area contributed by atoms with Crippen molar-refractivity contribution in [2.24, 2.45) is 0 Å². The maximum absolute atomic E-state index is 6.70. The predicted molar refractivity (Wildman–Crippen MR) is 136 cm³/mol. The van der Waals surface area contributed by atoms with Crippen LogP contribution in [-0.2, 0) is 0 Å². The Morgan fingerprint density at radius 3 is 1.91 bits per heavy atom. The van der Waals surface area contributed by atoms with Gasteiger partial charge >= 0.3 is 0 Å². The van der Waals surface area contributed by atoms with E-state index in [4.69, 9.17) is 13.6 Å². The highest BCUT2D eigenvalue weighted by molar-refractivity contribution is 6.23. The summed E-state index contributed by atoms with van der Waals surface area (Å²) in [4.78, 5) is 2.23. The summed E-state index contributed by atoms with van der Waals surface area (Å²) < 4.78 is 19.0. The molecule has 1 aliphatic rings. The number of anilines is 3. The van der Waals surface area contributed by atoms with Gasteiger partial charge in [-0.25, -0.2) is 0 Å². The Hall–Kier alpha value is -4.70. The second-order valence-electron chi connectivity index (χ2n) is 8.54. The van der Waals surface area contributed by atoms with Crippen molar-refractivity contribution in [3.63, 3.8) is 0 Å². The van der Waals surface area contributed by atoms with Gasteiger partial charge in [0.05, 0.1) is 22.4 Å². The summed E-state index contributed by atoms with van der Waals surface area (Å²) in [5.41, 5.74) is 6.30. The van der Waals surface area contributed by atoms with Crippen molar-refractivity contribution in [2.45, 2.75) is 0 Å². The van der Waals surface area contributed by atoms with Gasteiger partial charge in [-0.3, -0.25) is 4.90 Å². The summed E-state index contributed by atoms with van der Waals surface area (Å²) in [6.45, 7) is 0. The van der Waals surface area contributed by atoms with E-state index in [0.29, 0.717) is 0 Å². The lowest BCUT2D eigenvalue weighted by Crippen LogP contribution is -2.15. The van der Waals surface area contributed by atoms with Crippen LogP contribution >= 0.6 is 0 Å². The van der Waals surface area contributed by atoms with Crippen LogP contribution in [0.1, 0.15) is 0 Å². The number of hydrogen-bond donors (Lipinski definition) is 0. The molecule has 0 bridgehead atoms. The maximum Gasteiger partial charge on any atom is 0.159 e. The van der Waals surface area contributed by atoms with Crippen LogP contribution in [0, 0.1) is 0 Å². The highest BCUT2D eigenvalue weighted by Gasteiger charge is 2.28. The van der Waals surface area contributed by atoms with Gasteiger partial charge in [-0.1, -0.05) is 54.6 Å². The highest BCUT2D eigenvalue weighted by Crippen LogP contribution is 2.52. The molecule has 34 heavy (non-hydrogen) atoms. The van der Waals surface area contributed by atoms with E-state index < -0.39 is 0 Å². The van der Waals surface area contributed by atoms with Crippen LogP contribution in [0.15, 0.2) is 112 Å². The lowest BCUT2D eigenvalue weighted by molar-refractivity contribution is 0.477. The molecular weight excluding hydrogens is 422 g/mol. The fourth-order valence-corrected chi connectivity index (χ4v) is 5.19. The van der Waals surface area contributed by atoms with Crippen molar-refractivity contribution in [1.29, 1.82) is 0 Å². The molecule has 160 valence electrons. The van der Waals surface area contributed by atoms with Crippen LogP contribution in [0.25, 0.3) is 43.9 Å². The van der Waals surface area contributed by atoms with Crippen molar-refractivity contribution in [3.05, 3.63) is 103 Å². The van der Waals surface area contributed by atoms with E-state index in [9.17, 15) is 0 Å². The second kappa shape index (κ2) is 6.42. The van der Waals surface area contributed by atoms with Crippen molar-refractivity contribution in [2.75, 3.05) is 4.90 Å². The Labute approximate surface area is 194 Å². The number of hydrogen-bond acceptors (Lipinski definition) is 4. The minimum atomic E-state index is 0.817. The van der Waals surface area contributed by atoms with E-state index in [-0.39, 0.29) is 0 Å². The summed E-state index contributed by atoms with van der Waals surface area (Å²) in [7, 11) is 0. The SMILES string of the molecule is c1ccc2c(c1)Oc1ccccc1N2c1cccc2c1oc1c2ccc2oc3ccccc3c21. The Bertz CT molecular complexity index is 1860. The monoisotopic (exact) mass is 439 g/mol. The third-order valence-corrected chi connectivity index (χ3v) is 6.66. The van der Waals surface area contributed by atoms with Crippen molar-refractivity contribution >= 4 is 60.9 Å². The van der Waals surface area contributed by atoms with Crippen LogP contribution in [-0.4, -0.2) is 0 Å². The van der Waals surface area contributed by atoms with E-state index in [1.165, 1.54) is 0 Å². The third-order valence-electron chi connectivity index (χ3n) is 6.66. The molecule has 4 heteroatoms. The first-order valence-electron chi connectivity index (χ1n) is 11.3. The normalized spacial score (nSPS) is 12.9. The predicted octanol–water partition coefficient (Wildman–Crippen LogP) is 9.06. The summed E-state index contributed by atoms with van der Waals surface area (Å²) in [6.07, 6.45) is 0. The van der Waals surface area contributed by atoms with Crippen molar-refractivity contribution in [3.8, 4) is 11.5 Å². The Morgan fingerprint density at radius 2 is 1.09 bits per heavy atom. The number of fused-ring (bicyclic) bond motifs is 9. The quantitative estimate of drug-likeness (QED) is 0.256. The molecule has 0 saturated carbocycles. The maximum atomic E-state index is 6.70. The smallest absolute Gasteiger partial charge is 0.159 e. The van der Waals surface area contributed by atoms with Gasteiger partial charge in [0, 0.05) is 16.2 Å². The zero-order valence-corrected chi connectivity index (χ0v) is 18.0. The lowest BCUT2D eigenvalue weighted by Gasteiger charge is -2.32. The summed E-state index contributed by atoms with van der Waals surface area (Å²) >= 11 is 0. The first-order valence-corrected chi connectivity index (χ1v) is 11.3. The van der Waals surface area contributed by atoms with Crippen LogP contribution in [0.2, 0.25) is 0 Å². The van der Waals surface area contributed by atoms with Gasteiger partial charge in [-0.05, 0) is 48.5 Å². The summed E-state index contributed by atoms with van der Waals surface area (Å²) in [5.74, 6) is 1.63. The molecule has 0 radical (unpaired) electrons. The van der Waals surface area contributed by atoms with Gasteiger partial charge in [-0.15, -0.1) is 0 Å². The molecule has 1 aliphatic heterocycles. The molecule has 0 fully saturated rings. The molecule has 0 aliphatic carbocycles. The molecule has 2 aromatic heterocycles. The first kappa shape index (κ1) is 17.8. The molecule has 0 spiro atoms. The lowest BCUT2D eigenvalue weighted by atomic mass is 10.1. The topological polar surface area (TPSA) is 38.8 Å². The fraction of sp³-hybridized carbons (Fsp3) is 0. The van der Waals surface area contributed by atoms with Crippen LogP contribution in [0.4, 0.5) is 17.1 Å². The van der Waals surface area contributed by atoms with Crippen LogP contribution in [0.3, 0.4) is 0 Å². The largest absolute Gasteiger partial charge is 0.456 e. The van der Waals surface area contributed by atoms with E-state index in [0.717, 1.165) is 72.4 Å². The van der Waals surface area contributed by atoms with Gasteiger partial charge in [0.1, 0.15) is 16.7 Å². The molecule has 7 aromatic rings. The van der Waals surface area contributed by atoms with Gasteiger partial charge in [0.2, 0.25) is 0 Å². The molecule has 8 rings (SSSR count). The van der Waals surface area contributed by atoms with Gasteiger partial charge in [-0.2, -0.15) is 0 Å². The average molecular weight is 439 g/mol. The molecule has 3 heterocycles. The second-order valence-corrected chi connectivity index (χ2v) is 8.54. The van der Waals surface area contributed by atoms with Gasteiger partial charge < -0.3 is 13.6 Å². The third kappa shape index (κ3) is 2.27. The van der Waals surface area contributed by atoms with Crippen LogP contribution in [0.5, 0.6) is 11.5 Å². The summed E-state index contributed by atoms with van der Waals surface area (Å²) in [6, 6.07) is 34.8. The Morgan fingerprint density at radius 1 is 0.441 bits per heavy atom. The first-order chi connectivity index (χ1) is 16.9. The molecule has 0 unspecified atom stereocenters. The number of nitrogens with zero attached hydrogens (tertiary/aromatic N) is 1. The zero-order valence-electron chi connectivity index (χ0n) is 18.0. The number of benzene rings is 5. The molecule has 0 amide bonds. The molecule has 0 saturated heterocycles. The van der Waals surface area contributed by atoms with Crippen LogP contribution < -0.4 is 9.64 Å². The Kier molecular flexibility index (Phi) is 3.36. The molecule has 5 aromatic carbocycles. The Balaban J connectivity index is 1.49. The van der Waals surface area contributed by atoms with Crippen molar-refractivity contribution < 1.29 is 13.6 Å². The molecule has 0 N–H and O–H groups in total. The van der Waals surface area contributed by atoms with E-state index in [1.54, 1.807) is 0 Å². The number of furan rings is 2.